The standard InChI is InChI=1S/C25H29NO4/c1-15-11-16(2)13-19(12-15)30-24-18(4)29-25-20(23(24)28)8-9-22(27)21(25)14-26-10-6-5-7-17(26)3/h8-9,11-13,17,27H,5-7,10,14H2,1-4H3/p+1/t17-/m0/s1. The van der Waals surface area contributed by atoms with Crippen LogP contribution >= 0.6 is 0 Å². The maximum atomic E-state index is 13.3. The number of aromatic hydroxyl groups is 1. The molecule has 1 aliphatic heterocycles. The Morgan fingerprint density at radius 2 is 1.87 bits per heavy atom. The minimum atomic E-state index is -0.212. The zero-order valence-corrected chi connectivity index (χ0v) is 18.2. The molecule has 0 saturated carbocycles. The summed E-state index contributed by atoms with van der Waals surface area (Å²) in [5, 5.41) is 11.0. The average Bonchev–Trinajstić information content (AvgIpc) is 2.68. The number of hydrogen-bond acceptors (Lipinski definition) is 4. The molecular weight excluding hydrogens is 378 g/mol. The zero-order chi connectivity index (χ0) is 21.4. The fourth-order valence-corrected chi connectivity index (χ4v) is 4.54. The number of fused-ring (bicyclic) bond motifs is 1. The molecule has 158 valence electrons. The van der Waals surface area contributed by atoms with Gasteiger partial charge in [0, 0.05) is 0 Å². The van der Waals surface area contributed by atoms with Crippen molar-refractivity contribution in [2.75, 3.05) is 6.54 Å². The number of aryl methyl sites for hydroxylation is 3. The van der Waals surface area contributed by atoms with Crippen molar-refractivity contribution in [1.29, 1.82) is 0 Å². The molecule has 2 heterocycles. The van der Waals surface area contributed by atoms with E-state index in [2.05, 4.69) is 13.0 Å². The van der Waals surface area contributed by atoms with Crippen molar-refractivity contribution in [2.45, 2.75) is 59.5 Å². The first kappa shape index (κ1) is 20.5. The van der Waals surface area contributed by atoms with E-state index >= 15 is 0 Å². The third kappa shape index (κ3) is 3.94. The summed E-state index contributed by atoms with van der Waals surface area (Å²) in [7, 11) is 0. The highest BCUT2D eigenvalue weighted by atomic mass is 16.5. The smallest absolute Gasteiger partial charge is 0.235 e. The van der Waals surface area contributed by atoms with Gasteiger partial charge in [0.1, 0.15) is 23.8 Å². The lowest BCUT2D eigenvalue weighted by atomic mass is 10.0. The molecular formula is C25H30NO4+. The fraction of sp³-hybridized carbons (Fsp3) is 0.400. The van der Waals surface area contributed by atoms with Gasteiger partial charge in [0.15, 0.2) is 5.58 Å². The Labute approximate surface area is 176 Å². The molecule has 0 aliphatic carbocycles. The average molecular weight is 409 g/mol. The van der Waals surface area contributed by atoms with Crippen molar-refractivity contribution >= 4 is 11.0 Å². The van der Waals surface area contributed by atoms with E-state index in [9.17, 15) is 9.90 Å². The van der Waals surface area contributed by atoms with Crippen LogP contribution in [-0.2, 0) is 6.54 Å². The summed E-state index contributed by atoms with van der Waals surface area (Å²) in [5.41, 5.74) is 3.10. The highest BCUT2D eigenvalue weighted by Gasteiger charge is 2.26. The predicted octanol–water partition coefficient (Wildman–Crippen LogP) is 4.17. The van der Waals surface area contributed by atoms with Gasteiger partial charge in [-0.1, -0.05) is 6.07 Å². The second-order valence-corrected chi connectivity index (χ2v) is 8.66. The normalized spacial score (nSPS) is 19.2. The third-order valence-corrected chi connectivity index (χ3v) is 6.16. The zero-order valence-electron chi connectivity index (χ0n) is 18.2. The Kier molecular flexibility index (Phi) is 5.56. The molecule has 1 aliphatic rings. The van der Waals surface area contributed by atoms with Gasteiger partial charge in [0.25, 0.3) is 0 Å². The van der Waals surface area contributed by atoms with Crippen molar-refractivity contribution in [3.05, 3.63) is 63.0 Å². The number of ether oxygens (including phenoxy) is 1. The SMILES string of the molecule is Cc1cc(C)cc(Oc2c(C)oc3c(C[NH+]4CCCC[C@@H]4C)c(O)ccc3c2=O)c1. The van der Waals surface area contributed by atoms with Gasteiger partial charge in [0.2, 0.25) is 11.2 Å². The molecule has 1 saturated heterocycles. The minimum absolute atomic E-state index is 0.179. The van der Waals surface area contributed by atoms with Gasteiger partial charge in [-0.05, 0) is 82.3 Å². The molecule has 5 heteroatoms. The topological polar surface area (TPSA) is 64.1 Å². The molecule has 2 aromatic carbocycles. The van der Waals surface area contributed by atoms with Gasteiger partial charge in [-0.15, -0.1) is 0 Å². The van der Waals surface area contributed by atoms with Crippen LogP contribution in [0.2, 0.25) is 0 Å². The Morgan fingerprint density at radius 1 is 1.13 bits per heavy atom. The van der Waals surface area contributed by atoms with E-state index in [1.807, 2.05) is 26.0 Å². The molecule has 1 fully saturated rings. The monoisotopic (exact) mass is 408 g/mol. The highest BCUT2D eigenvalue weighted by Crippen LogP contribution is 2.31. The van der Waals surface area contributed by atoms with E-state index in [1.165, 1.54) is 24.2 Å². The molecule has 0 spiro atoms. The summed E-state index contributed by atoms with van der Waals surface area (Å²) in [5.74, 6) is 1.41. The lowest BCUT2D eigenvalue weighted by molar-refractivity contribution is -0.941. The van der Waals surface area contributed by atoms with E-state index < -0.39 is 0 Å². The largest absolute Gasteiger partial charge is 0.507 e. The van der Waals surface area contributed by atoms with Crippen LogP contribution in [0.15, 0.2) is 39.5 Å². The van der Waals surface area contributed by atoms with Crippen molar-refractivity contribution < 1.29 is 19.2 Å². The number of piperidine rings is 1. The maximum Gasteiger partial charge on any atom is 0.235 e. The van der Waals surface area contributed by atoms with Crippen LogP contribution in [0.3, 0.4) is 0 Å². The molecule has 30 heavy (non-hydrogen) atoms. The van der Waals surface area contributed by atoms with Gasteiger partial charge in [-0.3, -0.25) is 4.79 Å². The number of likely N-dealkylation sites (tertiary alicyclic amines) is 1. The number of hydrogen-bond donors (Lipinski definition) is 2. The molecule has 2 atom stereocenters. The highest BCUT2D eigenvalue weighted by molar-refractivity contribution is 5.83. The molecule has 5 nitrogen and oxygen atoms in total. The molecule has 3 aromatic rings. The lowest BCUT2D eigenvalue weighted by Gasteiger charge is -2.30. The lowest BCUT2D eigenvalue weighted by Crippen LogP contribution is -3.14. The number of benzene rings is 2. The van der Waals surface area contributed by atoms with E-state index in [0.717, 1.165) is 17.7 Å². The van der Waals surface area contributed by atoms with Crippen LogP contribution in [0.25, 0.3) is 11.0 Å². The number of phenolic OH excluding ortho intramolecular Hbond substituents is 1. The van der Waals surface area contributed by atoms with Crippen LogP contribution in [0.4, 0.5) is 0 Å². The van der Waals surface area contributed by atoms with E-state index in [-0.39, 0.29) is 16.9 Å². The molecule has 0 bridgehead atoms. The van der Waals surface area contributed by atoms with Crippen LogP contribution in [0.1, 0.15) is 48.6 Å². The molecule has 0 radical (unpaired) electrons. The molecule has 1 unspecified atom stereocenters. The van der Waals surface area contributed by atoms with Crippen molar-refractivity contribution in [1.82, 2.24) is 0 Å². The summed E-state index contributed by atoms with van der Waals surface area (Å²) < 4.78 is 12.1. The van der Waals surface area contributed by atoms with Crippen LogP contribution in [0.5, 0.6) is 17.2 Å². The quantitative estimate of drug-likeness (QED) is 0.680. The first-order chi connectivity index (χ1) is 14.3. The summed E-state index contributed by atoms with van der Waals surface area (Å²) >= 11 is 0. The van der Waals surface area contributed by atoms with Crippen molar-refractivity contribution in [3.63, 3.8) is 0 Å². The molecule has 1 aromatic heterocycles. The number of nitrogens with one attached hydrogen (secondary N) is 1. The van der Waals surface area contributed by atoms with Crippen molar-refractivity contribution in [2.24, 2.45) is 0 Å². The summed E-state index contributed by atoms with van der Waals surface area (Å²) in [6, 6.07) is 9.61. The van der Waals surface area contributed by atoms with Crippen LogP contribution < -0.4 is 15.1 Å². The van der Waals surface area contributed by atoms with E-state index in [1.54, 1.807) is 19.1 Å². The van der Waals surface area contributed by atoms with E-state index in [0.29, 0.717) is 40.6 Å². The number of rotatable bonds is 4. The van der Waals surface area contributed by atoms with Gasteiger partial charge in [-0.2, -0.15) is 0 Å². The minimum Gasteiger partial charge on any atom is -0.507 e. The van der Waals surface area contributed by atoms with Crippen molar-refractivity contribution in [3.8, 4) is 17.2 Å². The van der Waals surface area contributed by atoms with Gasteiger partial charge in [0.05, 0.1) is 23.5 Å². The first-order valence-corrected chi connectivity index (χ1v) is 10.7. The number of quaternary nitrogens is 1. The van der Waals surface area contributed by atoms with Crippen LogP contribution in [-0.4, -0.2) is 17.7 Å². The maximum absolute atomic E-state index is 13.3. The second kappa shape index (κ2) is 8.15. The Morgan fingerprint density at radius 3 is 2.57 bits per heavy atom. The summed E-state index contributed by atoms with van der Waals surface area (Å²) in [6.45, 7) is 9.68. The molecule has 2 N–H and O–H groups in total. The van der Waals surface area contributed by atoms with E-state index in [4.69, 9.17) is 9.15 Å². The Balaban J connectivity index is 1.77. The third-order valence-electron chi connectivity index (χ3n) is 6.16. The van der Waals surface area contributed by atoms with Gasteiger partial charge in [-0.25, -0.2) is 0 Å². The molecule has 4 rings (SSSR count). The first-order valence-electron chi connectivity index (χ1n) is 10.7. The predicted molar refractivity (Wildman–Crippen MR) is 118 cm³/mol. The number of phenols is 1. The molecule has 0 amide bonds. The summed E-state index contributed by atoms with van der Waals surface area (Å²) in [6.07, 6.45) is 3.61. The summed E-state index contributed by atoms with van der Waals surface area (Å²) in [4.78, 5) is 14.7. The van der Waals surface area contributed by atoms with Gasteiger partial charge < -0.3 is 19.2 Å². The fourth-order valence-electron chi connectivity index (χ4n) is 4.54. The Hall–Kier alpha value is -2.79. The second-order valence-electron chi connectivity index (χ2n) is 8.66. The van der Waals surface area contributed by atoms with Gasteiger partial charge >= 0.3 is 0 Å². The van der Waals surface area contributed by atoms with Crippen LogP contribution in [0, 0.1) is 20.8 Å². The Bertz CT molecular complexity index is 1130.